The number of imidazole rings is 1. The normalized spacial score (nSPS) is 12.3. The second-order valence-corrected chi connectivity index (χ2v) is 12.7. The summed E-state index contributed by atoms with van der Waals surface area (Å²) in [6.45, 7) is 7.88. The minimum absolute atomic E-state index is 0.0454. The van der Waals surface area contributed by atoms with Crippen LogP contribution in [0.2, 0.25) is 0 Å². The number of nitrogens with zero attached hydrogens (tertiary/aromatic N) is 3. The molecule has 0 unspecified atom stereocenters. The fourth-order valence-electron chi connectivity index (χ4n) is 4.62. The Morgan fingerprint density at radius 1 is 1.18 bits per heavy atom. The lowest BCUT2D eigenvalue weighted by atomic mass is 10.1. The van der Waals surface area contributed by atoms with Crippen molar-refractivity contribution in [3.05, 3.63) is 24.0 Å². The molecule has 2 aromatic heterocycles. The van der Waals surface area contributed by atoms with Crippen LogP contribution >= 0.6 is 12.6 Å². The Bertz CT molecular complexity index is 1410. The first-order valence-electron chi connectivity index (χ1n) is 13.6. The fourth-order valence-corrected chi connectivity index (χ4v) is 5.89. The van der Waals surface area contributed by atoms with Crippen LogP contribution in [0, 0.1) is 0 Å². The number of rotatable bonds is 17. The van der Waals surface area contributed by atoms with Crippen LogP contribution in [0.1, 0.15) is 58.7 Å². The van der Waals surface area contributed by atoms with Gasteiger partial charge in [0.05, 0.1) is 23.9 Å². The van der Waals surface area contributed by atoms with Crippen molar-refractivity contribution in [3.8, 4) is 5.75 Å². The van der Waals surface area contributed by atoms with Gasteiger partial charge in [-0.25, -0.2) is 23.1 Å². The van der Waals surface area contributed by atoms with Crippen LogP contribution in [0.25, 0.3) is 21.9 Å². The molecule has 0 fully saturated rings. The first kappa shape index (κ1) is 31.9. The van der Waals surface area contributed by atoms with Gasteiger partial charge in [0.2, 0.25) is 15.9 Å². The number of carbonyl (C=O) groups excluding carboxylic acids is 1. The summed E-state index contributed by atoms with van der Waals surface area (Å²) in [5.41, 5.74) is 7.54. The summed E-state index contributed by atoms with van der Waals surface area (Å²) in [5, 5.41) is 3.73. The van der Waals surface area contributed by atoms with Gasteiger partial charge in [-0.2, -0.15) is 12.6 Å². The predicted octanol–water partition coefficient (Wildman–Crippen LogP) is 3.41. The summed E-state index contributed by atoms with van der Waals surface area (Å²) in [6.07, 6.45) is 5.43. The molecule has 1 aromatic carbocycles. The number of benzene rings is 1. The quantitative estimate of drug-likeness (QED) is 0.137. The van der Waals surface area contributed by atoms with Crippen molar-refractivity contribution in [2.45, 2.75) is 71.6 Å². The molecular weight excluding hydrogens is 552 g/mol. The average Bonchev–Trinajstić information content (AvgIpc) is 3.21. The van der Waals surface area contributed by atoms with E-state index in [1.54, 1.807) is 0 Å². The van der Waals surface area contributed by atoms with Gasteiger partial charge in [0.1, 0.15) is 23.7 Å². The third-order valence-corrected chi connectivity index (χ3v) is 7.35. The van der Waals surface area contributed by atoms with E-state index in [-0.39, 0.29) is 18.3 Å². The van der Waals surface area contributed by atoms with Gasteiger partial charge in [-0.05, 0) is 51.5 Å². The van der Waals surface area contributed by atoms with E-state index in [1.807, 2.05) is 43.5 Å². The largest absolute Gasteiger partial charge is 0.494 e. The van der Waals surface area contributed by atoms with E-state index in [2.05, 4.69) is 27.7 Å². The first-order valence-corrected chi connectivity index (χ1v) is 16.1. The average molecular weight is 595 g/mol. The number of thiol groups is 1. The highest BCUT2D eigenvalue weighted by Crippen LogP contribution is 2.32. The van der Waals surface area contributed by atoms with Gasteiger partial charge in [-0.3, -0.25) is 4.79 Å². The predicted molar refractivity (Wildman–Crippen MR) is 162 cm³/mol. The van der Waals surface area contributed by atoms with Gasteiger partial charge < -0.3 is 25.1 Å². The number of amides is 1. The molecule has 0 spiro atoms. The number of ether oxygens (including phenoxy) is 2. The first-order chi connectivity index (χ1) is 18.9. The summed E-state index contributed by atoms with van der Waals surface area (Å²) < 4.78 is 40.3. The van der Waals surface area contributed by atoms with Crippen LogP contribution in [-0.4, -0.2) is 66.2 Å². The molecule has 0 saturated carbocycles. The van der Waals surface area contributed by atoms with Crippen molar-refractivity contribution in [1.29, 1.82) is 0 Å². The van der Waals surface area contributed by atoms with Crippen LogP contribution in [0.15, 0.2) is 18.2 Å². The van der Waals surface area contributed by atoms with E-state index >= 15 is 0 Å². The van der Waals surface area contributed by atoms with Crippen molar-refractivity contribution in [2.75, 3.05) is 37.5 Å². The molecule has 0 aliphatic rings. The lowest BCUT2D eigenvalue weighted by molar-refractivity contribution is -0.120. The van der Waals surface area contributed by atoms with Crippen molar-refractivity contribution < 1.29 is 22.7 Å². The third-order valence-electron chi connectivity index (χ3n) is 6.21. The van der Waals surface area contributed by atoms with Gasteiger partial charge in [0.15, 0.2) is 5.82 Å². The Labute approximate surface area is 242 Å². The van der Waals surface area contributed by atoms with Crippen molar-refractivity contribution in [1.82, 2.24) is 24.6 Å². The Kier molecular flexibility index (Phi) is 11.4. The van der Waals surface area contributed by atoms with E-state index in [4.69, 9.17) is 20.2 Å². The molecule has 13 heteroatoms. The molecule has 3 aromatic rings. The number of aromatic nitrogens is 3. The maximum atomic E-state index is 12.0. The van der Waals surface area contributed by atoms with E-state index in [0.29, 0.717) is 61.1 Å². The summed E-state index contributed by atoms with van der Waals surface area (Å²) in [6, 6.07) is 5.70. The second kappa shape index (κ2) is 14.3. The van der Waals surface area contributed by atoms with E-state index in [0.717, 1.165) is 42.8 Å². The van der Waals surface area contributed by atoms with Crippen LogP contribution in [0.4, 0.5) is 5.82 Å². The number of unbranched alkanes of at least 4 members (excludes halogenated alkanes) is 3. The van der Waals surface area contributed by atoms with Crippen molar-refractivity contribution >= 4 is 56.3 Å². The highest BCUT2D eigenvalue weighted by molar-refractivity contribution is 7.88. The minimum atomic E-state index is -3.44. The number of anilines is 1. The number of hydrogen-bond donors (Lipinski definition) is 4. The zero-order valence-corrected chi connectivity index (χ0v) is 25.5. The molecule has 0 aliphatic carbocycles. The number of carbonyl (C=O) groups is 1. The number of sulfonamides is 1. The monoisotopic (exact) mass is 594 g/mol. The van der Waals surface area contributed by atoms with Gasteiger partial charge in [0, 0.05) is 43.1 Å². The molecule has 0 saturated heterocycles. The molecule has 3 rings (SSSR count). The molecule has 11 nitrogen and oxygen atoms in total. The Balaban J connectivity index is 1.76. The fraction of sp³-hybridized carbons (Fsp3) is 0.593. The Morgan fingerprint density at radius 3 is 2.62 bits per heavy atom. The summed E-state index contributed by atoms with van der Waals surface area (Å²) >= 11 is 4.06. The SMILES string of the molecule is CCOCc1nc2c(N)nc3cc(OCCCCCCNC(=O)CCS)ccc3c2n1CC(C)(C)NS(C)(=O)=O. The molecule has 40 heavy (non-hydrogen) atoms. The molecular formula is C27H42N6O5S2. The summed E-state index contributed by atoms with van der Waals surface area (Å²) in [7, 11) is -3.44. The minimum Gasteiger partial charge on any atom is -0.494 e. The molecule has 2 heterocycles. The van der Waals surface area contributed by atoms with E-state index < -0.39 is 15.6 Å². The molecule has 0 atom stereocenters. The van der Waals surface area contributed by atoms with Crippen LogP contribution in [0.5, 0.6) is 5.75 Å². The van der Waals surface area contributed by atoms with E-state index in [1.165, 1.54) is 0 Å². The number of nitrogen functional groups attached to an aromatic ring is 1. The standard InChI is InChI=1S/C27H42N6O5S2/c1-5-37-17-22-31-24-25(33(22)18-27(2,3)32-40(4,35)36)20-11-10-19(16-21(20)30-26(24)28)38-14-9-7-6-8-13-29-23(34)12-15-39/h10-11,16,32,39H,5-9,12-15,17-18H2,1-4H3,(H2,28,30)(H,29,34). The van der Waals surface area contributed by atoms with Gasteiger partial charge in [-0.15, -0.1) is 0 Å². The maximum absolute atomic E-state index is 12.0. The summed E-state index contributed by atoms with van der Waals surface area (Å²) in [5.74, 6) is 2.22. The number of fused-ring (bicyclic) bond motifs is 3. The molecule has 0 radical (unpaired) electrons. The maximum Gasteiger partial charge on any atom is 0.220 e. The van der Waals surface area contributed by atoms with E-state index in [9.17, 15) is 13.2 Å². The number of nitrogens with two attached hydrogens (primary N) is 1. The lowest BCUT2D eigenvalue weighted by Gasteiger charge is -2.27. The highest BCUT2D eigenvalue weighted by Gasteiger charge is 2.27. The second-order valence-electron chi connectivity index (χ2n) is 10.5. The molecule has 0 aliphatic heterocycles. The number of hydrogen-bond acceptors (Lipinski definition) is 9. The number of pyridine rings is 1. The topological polar surface area (TPSA) is 150 Å². The molecule has 4 N–H and O–H groups in total. The van der Waals surface area contributed by atoms with Crippen molar-refractivity contribution in [3.63, 3.8) is 0 Å². The smallest absolute Gasteiger partial charge is 0.220 e. The van der Waals surface area contributed by atoms with Crippen LogP contribution in [0.3, 0.4) is 0 Å². The Hall–Kier alpha value is -2.61. The van der Waals surface area contributed by atoms with Gasteiger partial charge in [-0.1, -0.05) is 12.8 Å². The molecule has 0 bridgehead atoms. The zero-order valence-electron chi connectivity index (χ0n) is 23.8. The van der Waals surface area contributed by atoms with Crippen LogP contribution < -0.4 is 20.5 Å². The molecule has 222 valence electrons. The summed E-state index contributed by atoms with van der Waals surface area (Å²) in [4.78, 5) is 20.8. The molecule has 1 amide bonds. The van der Waals surface area contributed by atoms with Gasteiger partial charge >= 0.3 is 0 Å². The number of nitrogens with one attached hydrogen (secondary N) is 2. The van der Waals surface area contributed by atoms with Crippen LogP contribution in [-0.2, 0) is 32.7 Å². The van der Waals surface area contributed by atoms with Gasteiger partial charge in [0.25, 0.3) is 0 Å². The lowest BCUT2D eigenvalue weighted by Crippen LogP contribution is -2.46. The zero-order chi connectivity index (χ0) is 29.3. The highest BCUT2D eigenvalue weighted by atomic mass is 32.2. The Morgan fingerprint density at radius 2 is 1.93 bits per heavy atom. The third kappa shape index (κ3) is 9.22. The van der Waals surface area contributed by atoms with Crippen molar-refractivity contribution in [2.24, 2.45) is 0 Å².